The van der Waals surface area contributed by atoms with Gasteiger partial charge in [0, 0.05) is 57.2 Å². The molecule has 0 spiro atoms. The molecule has 2 aliphatic heterocycles. The number of pyridine rings is 1. The average molecular weight is 493 g/mol. The molecule has 7 heteroatoms. The number of rotatable bonds is 8. The topological polar surface area (TPSA) is 42.8 Å². The monoisotopic (exact) mass is 492 g/mol. The van der Waals surface area contributed by atoms with Gasteiger partial charge in [-0.05, 0) is 36.6 Å². The Morgan fingerprint density at radius 2 is 1.97 bits per heavy atom. The van der Waals surface area contributed by atoms with Crippen molar-refractivity contribution in [1.29, 1.82) is 0 Å². The smallest absolute Gasteiger partial charge is 0.143 e. The van der Waals surface area contributed by atoms with Gasteiger partial charge in [0.15, 0.2) is 0 Å². The van der Waals surface area contributed by atoms with Crippen molar-refractivity contribution in [1.82, 2.24) is 14.5 Å². The van der Waals surface area contributed by atoms with Gasteiger partial charge in [-0.1, -0.05) is 56.9 Å². The molecule has 5 rings (SSSR count). The van der Waals surface area contributed by atoms with Crippen molar-refractivity contribution in [2.24, 2.45) is 5.92 Å². The number of benzene rings is 1. The molecule has 1 fully saturated rings. The first-order valence-corrected chi connectivity index (χ1v) is 16.7. The minimum atomic E-state index is -1.09. The van der Waals surface area contributed by atoms with Gasteiger partial charge in [-0.3, -0.25) is 4.90 Å². The molecular weight excluding hydrogens is 452 g/mol. The average Bonchev–Trinajstić information content (AvgIpc) is 3.26. The van der Waals surface area contributed by atoms with Crippen molar-refractivity contribution in [2.45, 2.75) is 65.0 Å². The Balaban J connectivity index is 1.36. The molecule has 6 nitrogen and oxygen atoms in total. The first-order valence-electron chi connectivity index (χ1n) is 13.0. The summed E-state index contributed by atoms with van der Waals surface area (Å²) < 4.78 is 14.3. The highest BCUT2D eigenvalue weighted by Crippen LogP contribution is 2.37. The minimum absolute atomic E-state index is 0.411. The predicted molar refractivity (Wildman–Crippen MR) is 145 cm³/mol. The van der Waals surface area contributed by atoms with E-state index in [1.165, 1.54) is 34.7 Å². The second-order valence-corrected chi connectivity index (χ2v) is 17.1. The van der Waals surface area contributed by atoms with Crippen LogP contribution < -0.4 is 4.90 Å². The molecule has 3 aromatic rings. The molecular formula is C28H40N4O2Si. The molecule has 2 aromatic heterocycles. The molecule has 0 saturated carbocycles. The van der Waals surface area contributed by atoms with Crippen LogP contribution in [-0.4, -0.2) is 55.0 Å². The van der Waals surface area contributed by atoms with Crippen LogP contribution in [0.4, 0.5) is 5.69 Å². The standard InChI is InChI=1S/C28H40N4O2Si/c1-22-10-12-30(17-23-8-6-5-7-9-23)18-26(22)32-21-34-19-24-16-29-28-25(27(24)32)11-13-31(28)20-33-14-15-35(2,3)4/h5-9,11,13,16,22,26H,10,12,14-15,17-21H2,1-4H3/t22-,26+/m1/s1. The highest BCUT2D eigenvalue weighted by molar-refractivity contribution is 6.76. The van der Waals surface area contributed by atoms with E-state index in [1.807, 2.05) is 6.20 Å². The maximum Gasteiger partial charge on any atom is 0.143 e. The van der Waals surface area contributed by atoms with E-state index in [1.54, 1.807) is 0 Å². The molecule has 1 saturated heterocycles. The lowest BCUT2D eigenvalue weighted by Gasteiger charge is -2.46. The van der Waals surface area contributed by atoms with Crippen molar-refractivity contribution in [3.05, 3.63) is 59.9 Å². The first kappa shape index (κ1) is 24.5. The number of piperidine rings is 1. The summed E-state index contributed by atoms with van der Waals surface area (Å²) in [4.78, 5) is 9.94. The van der Waals surface area contributed by atoms with Crippen LogP contribution in [0.2, 0.25) is 25.7 Å². The fraction of sp³-hybridized carbons (Fsp3) is 0.536. The molecule has 0 N–H and O–H groups in total. The number of ether oxygens (including phenoxy) is 2. The van der Waals surface area contributed by atoms with Gasteiger partial charge < -0.3 is 18.9 Å². The third-order valence-electron chi connectivity index (χ3n) is 7.49. The van der Waals surface area contributed by atoms with E-state index in [9.17, 15) is 0 Å². The molecule has 0 aliphatic carbocycles. The van der Waals surface area contributed by atoms with E-state index in [-0.39, 0.29) is 0 Å². The zero-order valence-corrected chi connectivity index (χ0v) is 22.7. The molecule has 0 radical (unpaired) electrons. The lowest BCUT2D eigenvalue weighted by atomic mass is 9.91. The van der Waals surface area contributed by atoms with Gasteiger partial charge in [-0.2, -0.15) is 0 Å². The van der Waals surface area contributed by atoms with Crippen LogP contribution >= 0.6 is 0 Å². The van der Waals surface area contributed by atoms with E-state index in [2.05, 4.69) is 83.5 Å². The van der Waals surface area contributed by atoms with Crippen molar-refractivity contribution >= 4 is 24.8 Å². The Labute approximate surface area is 210 Å². The second-order valence-electron chi connectivity index (χ2n) is 11.5. The van der Waals surface area contributed by atoms with E-state index in [4.69, 9.17) is 14.5 Å². The maximum absolute atomic E-state index is 6.07. The summed E-state index contributed by atoms with van der Waals surface area (Å²) in [6, 6.07) is 14.6. The summed E-state index contributed by atoms with van der Waals surface area (Å²) >= 11 is 0. The van der Waals surface area contributed by atoms with Gasteiger partial charge >= 0.3 is 0 Å². The number of anilines is 1. The molecule has 1 aromatic carbocycles. The van der Waals surface area contributed by atoms with Crippen molar-refractivity contribution in [2.75, 3.05) is 31.3 Å². The number of hydrogen-bond acceptors (Lipinski definition) is 5. The highest BCUT2D eigenvalue weighted by Gasteiger charge is 2.35. The van der Waals surface area contributed by atoms with Gasteiger partial charge in [-0.25, -0.2) is 4.98 Å². The van der Waals surface area contributed by atoms with Crippen molar-refractivity contribution in [3.63, 3.8) is 0 Å². The Morgan fingerprint density at radius 1 is 1.14 bits per heavy atom. The van der Waals surface area contributed by atoms with E-state index >= 15 is 0 Å². The van der Waals surface area contributed by atoms with Gasteiger partial charge in [0.1, 0.15) is 19.1 Å². The summed E-state index contributed by atoms with van der Waals surface area (Å²) in [5.41, 5.74) is 4.89. The van der Waals surface area contributed by atoms with Crippen LogP contribution in [-0.2, 0) is 29.4 Å². The first-order chi connectivity index (χ1) is 16.9. The Bertz CT molecular complexity index is 1130. The second kappa shape index (κ2) is 10.4. The Kier molecular flexibility index (Phi) is 7.30. The fourth-order valence-corrected chi connectivity index (χ4v) is 6.10. The SMILES string of the molecule is C[C@@H]1CCN(Cc2ccccc2)C[C@@H]1N1COCc2cnc3c(ccn3COCC[Si](C)(C)C)c21. The molecule has 4 heterocycles. The van der Waals surface area contributed by atoms with Crippen LogP contribution in [0.15, 0.2) is 48.8 Å². The fourth-order valence-electron chi connectivity index (χ4n) is 5.34. The molecule has 0 unspecified atom stereocenters. The predicted octanol–water partition coefficient (Wildman–Crippen LogP) is 5.55. The molecule has 35 heavy (non-hydrogen) atoms. The van der Waals surface area contributed by atoms with Crippen molar-refractivity contribution in [3.8, 4) is 0 Å². The van der Waals surface area contributed by atoms with Gasteiger partial charge in [0.05, 0.1) is 12.3 Å². The summed E-state index contributed by atoms with van der Waals surface area (Å²) in [5.74, 6) is 0.603. The number of likely N-dealkylation sites (tertiary alicyclic amines) is 1. The molecule has 188 valence electrons. The lowest BCUT2D eigenvalue weighted by Crippen LogP contribution is -2.53. The van der Waals surface area contributed by atoms with Crippen LogP contribution in [0.3, 0.4) is 0 Å². The zero-order valence-electron chi connectivity index (χ0n) is 21.7. The minimum Gasteiger partial charge on any atom is -0.361 e. The number of hydrogen-bond donors (Lipinski definition) is 0. The Morgan fingerprint density at radius 3 is 2.77 bits per heavy atom. The molecule has 2 atom stereocenters. The lowest BCUT2D eigenvalue weighted by molar-refractivity contribution is 0.0800. The maximum atomic E-state index is 6.07. The Hall–Kier alpha value is -2.19. The zero-order chi connectivity index (χ0) is 24.4. The van der Waals surface area contributed by atoms with Gasteiger partial charge in [0.25, 0.3) is 0 Å². The third kappa shape index (κ3) is 5.64. The molecule has 2 aliphatic rings. The number of fused-ring (bicyclic) bond motifs is 3. The summed E-state index contributed by atoms with van der Waals surface area (Å²) in [6.45, 7) is 15.4. The molecule has 0 bridgehead atoms. The van der Waals surface area contributed by atoms with Gasteiger partial charge in [0.2, 0.25) is 0 Å². The van der Waals surface area contributed by atoms with Gasteiger partial charge in [-0.15, -0.1) is 0 Å². The molecule has 0 amide bonds. The van der Waals surface area contributed by atoms with Crippen LogP contribution in [0.1, 0.15) is 24.5 Å². The van der Waals surface area contributed by atoms with Crippen LogP contribution in [0.5, 0.6) is 0 Å². The van der Waals surface area contributed by atoms with E-state index in [0.29, 0.717) is 32.0 Å². The highest BCUT2D eigenvalue weighted by atomic mass is 28.3. The van der Waals surface area contributed by atoms with Crippen LogP contribution in [0.25, 0.3) is 11.0 Å². The quantitative estimate of drug-likeness (QED) is 0.304. The van der Waals surface area contributed by atoms with Crippen molar-refractivity contribution < 1.29 is 9.47 Å². The summed E-state index contributed by atoms with van der Waals surface area (Å²) in [6.07, 6.45) is 5.34. The number of aromatic nitrogens is 2. The summed E-state index contributed by atoms with van der Waals surface area (Å²) in [7, 11) is -1.09. The largest absolute Gasteiger partial charge is 0.361 e. The van der Waals surface area contributed by atoms with E-state index in [0.717, 1.165) is 31.9 Å². The van der Waals surface area contributed by atoms with E-state index < -0.39 is 8.07 Å². The number of nitrogens with zero attached hydrogens (tertiary/aromatic N) is 4. The summed E-state index contributed by atoms with van der Waals surface area (Å²) in [5, 5.41) is 1.21. The van der Waals surface area contributed by atoms with Crippen LogP contribution in [0, 0.1) is 5.92 Å². The normalized spacial score (nSPS) is 21.4. The third-order valence-corrected chi connectivity index (χ3v) is 9.19.